The van der Waals surface area contributed by atoms with Gasteiger partial charge in [0.05, 0.1) is 17.9 Å². The van der Waals surface area contributed by atoms with Crippen LogP contribution in [0.2, 0.25) is 0 Å². The standard InChI is InChI=1S/C13H20N2O4S/c1-4-19-13(16)11-9-10(5-6-12(11)14)15(2)7-8-20(3,17)18/h5-6,9H,4,7-8,14H2,1-3H3. The molecule has 112 valence electrons. The maximum Gasteiger partial charge on any atom is 0.340 e. The van der Waals surface area contributed by atoms with Crippen LogP contribution in [0.5, 0.6) is 0 Å². The van der Waals surface area contributed by atoms with Gasteiger partial charge in [-0.05, 0) is 25.1 Å². The van der Waals surface area contributed by atoms with Crippen LogP contribution in [0.15, 0.2) is 18.2 Å². The molecule has 0 aliphatic rings. The number of esters is 1. The fourth-order valence-corrected chi connectivity index (χ4v) is 2.20. The highest BCUT2D eigenvalue weighted by Crippen LogP contribution is 2.21. The number of benzene rings is 1. The van der Waals surface area contributed by atoms with Crippen LogP contribution in [-0.4, -0.2) is 46.6 Å². The van der Waals surface area contributed by atoms with E-state index in [9.17, 15) is 13.2 Å². The van der Waals surface area contributed by atoms with E-state index in [0.29, 0.717) is 17.9 Å². The molecule has 0 amide bonds. The Morgan fingerprint density at radius 3 is 2.60 bits per heavy atom. The fourth-order valence-electron chi connectivity index (χ4n) is 1.60. The first-order valence-corrected chi connectivity index (χ1v) is 8.26. The lowest BCUT2D eigenvalue weighted by Crippen LogP contribution is -2.25. The molecular formula is C13H20N2O4S. The van der Waals surface area contributed by atoms with E-state index in [1.807, 2.05) is 0 Å². The third-order valence-corrected chi connectivity index (χ3v) is 3.69. The second-order valence-electron chi connectivity index (χ2n) is 4.54. The van der Waals surface area contributed by atoms with Crippen molar-refractivity contribution in [3.63, 3.8) is 0 Å². The van der Waals surface area contributed by atoms with E-state index in [2.05, 4.69) is 0 Å². The van der Waals surface area contributed by atoms with Crippen LogP contribution in [0.1, 0.15) is 17.3 Å². The Bertz CT molecular complexity index is 584. The Kier molecular flexibility index (Phi) is 5.38. The largest absolute Gasteiger partial charge is 0.462 e. The Balaban J connectivity index is 2.91. The number of anilines is 2. The van der Waals surface area contributed by atoms with Crippen LogP contribution in [0.4, 0.5) is 11.4 Å². The summed E-state index contributed by atoms with van der Waals surface area (Å²) in [6.07, 6.45) is 1.19. The molecule has 0 spiro atoms. The van der Waals surface area contributed by atoms with E-state index in [0.717, 1.165) is 0 Å². The van der Waals surface area contributed by atoms with Gasteiger partial charge in [0.2, 0.25) is 0 Å². The lowest BCUT2D eigenvalue weighted by Gasteiger charge is -2.20. The molecule has 0 aromatic heterocycles. The molecule has 0 radical (unpaired) electrons. The minimum Gasteiger partial charge on any atom is -0.462 e. The molecule has 0 saturated heterocycles. The maximum atomic E-state index is 11.7. The number of nitrogens with two attached hydrogens (primary N) is 1. The fraction of sp³-hybridized carbons (Fsp3) is 0.462. The predicted molar refractivity (Wildman–Crippen MR) is 79.8 cm³/mol. The molecule has 0 heterocycles. The number of carbonyl (C=O) groups is 1. The second kappa shape index (κ2) is 6.60. The molecule has 0 fully saturated rings. The monoisotopic (exact) mass is 300 g/mol. The molecular weight excluding hydrogens is 280 g/mol. The van der Waals surface area contributed by atoms with Crippen molar-refractivity contribution in [3.05, 3.63) is 23.8 Å². The topological polar surface area (TPSA) is 89.7 Å². The highest BCUT2D eigenvalue weighted by Gasteiger charge is 2.14. The van der Waals surface area contributed by atoms with Crippen molar-refractivity contribution in [1.82, 2.24) is 0 Å². The summed E-state index contributed by atoms with van der Waals surface area (Å²) in [6, 6.07) is 4.95. The number of nitrogen functional groups attached to an aromatic ring is 1. The van der Waals surface area contributed by atoms with E-state index in [4.69, 9.17) is 10.5 Å². The van der Waals surface area contributed by atoms with Crippen LogP contribution in [0.25, 0.3) is 0 Å². The number of hydrogen-bond acceptors (Lipinski definition) is 6. The number of hydrogen-bond donors (Lipinski definition) is 1. The lowest BCUT2D eigenvalue weighted by atomic mass is 10.1. The van der Waals surface area contributed by atoms with E-state index in [1.54, 1.807) is 37.1 Å². The first-order valence-electron chi connectivity index (χ1n) is 6.20. The zero-order chi connectivity index (χ0) is 15.3. The second-order valence-corrected chi connectivity index (χ2v) is 6.80. The molecule has 1 rings (SSSR count). The van der Waals surface area contributed by atoms with E-state index in [1.165, 1.54) is 6.26 Å². The highest BCUT2D eigenvalue weighted by atomic mass is 32.2. The van der Waals surface area contributed by atoms with Gasteiger partial charge in [0.1, 0.15) is 9.84 Å². The molecule has 20 heavy (non-hydrogen) atoms. The summed E-state index contributed by atoms with van der Waals surface area (Å²) >= 11 is 0. The molecule has 0 unspecified atom stereocenters. The lowest BCUT2D eigenvalue weighted by molar-refractivity contribution is 0.0527. The predicted octanol–water partition coefficient (Wildman–Crippen LogP) is 0.926. The van der Waals surface area contributed by atoms with Crippen molar-refractivity contribution in [2.75, 3.05) is 42.8 Å². The summed E-state index contributed by atoms with van der Waals surface area (Å²) in [5.74, 6) is -0.439. The Hall–Kier alpha value is -1.76. The van der Waals surface area contributed by atoms with Gasteiger partial charge in [-0.15, -0.1) is 0 Å². The van der Waals surface area contributed by atoms with Gasteiger partial charge in [-0.1, -0.05) is 0 Å². The average molecular weight is 300 g/mol. The van der Waals surface area contributed by atoms with Gasteiger partial charge >= 0.3 is 5.97 Å². The molecule has 0 aliphatic carbocycles. The number of nitrogens with zero attached hydrogens (tertiary/aromatic N) is 1. The van der Waals surface area contributed by atoms with Gasteiger partial charge in [-0.2, -0.15) is 0 Å². The number of rotatable bonds is 6. The maximum absolute atomic E-state index is 11.7. The van der Waals surface area contributed by atoms with E-state index < -0.39 is 15.8 Å². The van der Waals surface area contributed by atoms with Gasteiger partial charge in [0.15, 0.2) is 0 Å². The molecule has 1 aromatic carbocycles. The molecule has 0 aliphatic heterocycles. The first kappa shape index (κ1) is 16.3. The summed E-state index contributed by atoms with van der Waals surface area (Å²) in [7, 11) is -1.27. The molecule has 2 N–H and O–H groups in total. The molecule has 0 bridgehead atoms. The molecule has 7 heteroatoms. The Labute approximate surface area is 119 Å². The van der Waals surface area contributed by atoms with Crippen LogP contribution in [0.3, 0.4) is 0 Å². The van der Waals surface area contributed by atoms with E-state index >= 15 is 0 Å². The first-order chi connectivity index (χ1) is 9.24. The highest BCUT2D eigenvalue weighted by molar-refractivity contribution is 7.90. The van der Waals surface area contributed by atoms with Crippen molar-refractivity contribution >= 4 is 27.2 Å². The SMILES string of the molecule is CCOC(=O)c1cc(N(C)CCS(C)(=O)=O)ccc1N. The number of ether oxygens (including phenoxy) is 1. The molecule has 0 saturated carbocycles. The van der Waals surface area contributed by atoms with Crippen molar-refractivity contribution in [1.29, 1.82) is 0 Å². The Morgan fingerprint density at radius 2 is 2.05 bits per heavy atom. The quantitative estimate of drug-likeness (QED) is 0.621. The normalized spacial score (nSPS) is 11.2. The van der Waals surface area contributed by atoms with E-state index in [-0.39, 0.29) is 17.9 Å². The van der Waals surface area contributed by atoms with Gasteiger partial charge < -0.3 is 15.4 Å². The van der Waals surface area contributed by atoms with Crippen LogP contribution >= 0.6 is 0 Å². The van der Waals surface area contributed by atoms with Crippen molar-refractivity contribution in [2.24, 2.45) is 0 Å². The minimum atomic E-state index is -3.03. The number of sulfone groups is 1. The van der Waals surface area contributed by atoms with Crippen molar-refractivity contribution in [2.45, 2.75) is 6.92 Å². The molecule has 1 aromatic rings. The summed E-state index contributed by atoms with van der Waals surface area (Å²) in [5, 5.41) is 0. The van der Waals surface area contributed by atoms with Gasteiger partial charge in [-0.25, -0.2) is 13.2 Å². The summed E-state index contributed by atoms with van der Waals surface area (Å²) in [5.41, 5.74) is 7.09. The zero-order valence-corrected chi connectivity index (χ0v) is 12.7. The third-order valence-electron chi connectivity index (χ3n) is 2.77. The van der Waals surface area contributed by atoms with Gasteiger partial charge in [-0.3, -0.25) is 0 Å². The Morgan fingerprint density at radius 1 is 1.40 bits per heavy atom. The molecule has 6 nitrogen and oxygen atoms in total. The van der Waals surface area contributed by atoms with Crippen molar-refractivity contribution < 1.29 is 17.9 Å². The van der Waals surface area contributed by atoms with Gasteiger partial charge in [0.25, 0.3) is 0 Å². The van der Waals surface area contributed by atoms with Crippen molar-refractivity contribution in [3.8, 4) is 0 Å². The van der Waals surface area contributed by atoms with Crippen LogP contribution < -0.4 is 10.6 Å². The smallest absolute Gasteiger partial charge is 0.340 e. The van der Waals surface area contributed by atoms with Crippen LogP contribution in [0, 0.1) is 0 Å². The van der Waals surface area contributed by atoms with Crippen LogP contribution in [-0.2, 0) is 14.6 Å². The third kappa shape index (κ3) is 4.73. The summed E-state index contributed by atoms with van der Waals surface area (Å²) < 4.78 is 27.2. The average Bonchev–Trinajstić information content (AvgIpc) is 2.36. The zero-order valence-electron chi connectivity index (χ0n) is 11.9. The van der Waals surface area contributed by atoms with Gasteiger partial charge in [0, 0.05) is 31.2 Å². The summed E-state index contributed by atoms with van der Waals surface area (Å²) in [6.45, 7) is 2.33. The summed E-state index contributed by atoms with van der Waals surface area (Å²) in [4.78, 5) is 13.5. The minimum absolute atomic E-state index is 0.0443. The number of carbonyl (C=O) groups excluding carboxylic acids is 1. The molecule has 0 atom stereocenters.